The quantitative estimate of drug-likeness (QED) is 0.0965. The lowest BCUT2D eigenvalue weighted by atomic mass is 9.91. The molecule has 3 N–H and O–H groups in total. The summed E-state index contributed by atoms with van der Waals surface area (Å²) in [4.78, 5) is 34.8. The summed E-state index contributed by atoms with van der Waals surface area (Å²) in [5.74, 6) is 1.75. The molecule has 1 amide bonds. The molecule has 0 spiro atoms. The fraction of sp³-hybridized carbons (Fsp3) is 0.385. The molecule has 2 aliphatic heterocycles. The minimum atomic E-state index is -0.568. The number of benzene rings is 4. The molecule has 7 aromatic rings. The molecular weight excluding hydrogens is 919 g/mol. The number of carbonyl (C=O) groups is 1. The van der Waals surface area contributed by atoms with E-state index in [2.05, 4.69) is 71.8 Å². The van der Waals surface area contributed by atoms with Gasteiger partial charge in [0.15, 0.2) is 11.6 Å². The number of nitrogens with one attached hydrogen (secondary N) is 2. The second kappa shape index (κ2) is 18.7. The van der Waals surface area contributed by atoms with E-state index in [4.69, 9.17) is 38.2 Å². The first-order valence-electron chi connectivity index (χ1n) is 23.2. The Labute approximate surface area is 410 Å². The van der Waals surface area contributed by atoms with Gasteiger partial charge in [0.05, 0.1) is 17.2 Å². The summed E-state index contributed by atoms with van der Waals surface area (Å²) in [5.41, 5.74) is 3.79. The van der Waals surface area contributed by atoms with Gasteiger partial charge in [-0.25, -0.2) is 9.37 Å². The van der Waals surface area contributed by atoms with Gasteiger partial charge in [-0.05, 0) is 114 Å². The number of phenolic OH excluding ortho intramolecular Hbond substituents is 1. The van der Waals surface area contributed by atoms with E-state index >= 15 is 4.39 Å². The average molecular weight is 976 g/mol. The largest absolute Gasteiger partial charge is 0.508 e. The molecule has 3 aromatic heterocycles. The number of aromatic hydroxyl groups is 1. The van der Waals surface area contributed by atoms with Gasteiger partial charge in [0.1, 0.15) is 34.0 Å². The minimum absolute atomic E-state index is 0.0179. The topological polar surface area (TPSA) is 137 Å². The Morgan fingerprint density at radius 1 is 0.941 bits per heavy atom. The third-order valence-electron chi connectivity index (χ3n) is 13.6. The summed E-state index contributed by atoms with van der Waals surface area (Å²) in [6.07, 6.45) is 3.33. The maximum Gasteiger partial charge on any atom is 0.228 e. The van der Waals surface area contributed by atoms with E-state index in [1.807, 2.05) is 67.4 Å². The van der Waals surface area contributed by atoms with Crippen LogP contribution >= 0.6 is 34.5 Å². The molecule has 2 aliphatic rings. The van der Waals surface area contributed by atoms with Crippen LogP contribution in [0.2, 0.25) is 10.0 Å². The Hall–Kier alpha value is -5.67. The number of halogens is 3. The van der Waals surface area contributed by atoms with Crippen molar-refractivity contribution in [1.82, 2.24) is 35.4 Å². The second-order valence-electron chi connectivity index (χ2n) is 19.4. The van der Waals surface area contributed by atoms with Crippen molar-refractivity contribution in [3.8, 4) is 21.9 Å². The van der Waals surface area contributed by atoms with Gasteiger partial charge in [0, 0.05) is 76.3 Å². The van der Waals surface area contributed by atoms with Crippen molar-refractivity contribution in [2.45, 2.75) is 97.7 Å². The molecule has 4 aromatic carbocycles. The summed E-state index contributed by atoms with van der Waals surface area (Å²) >= 11 is 15.0. The number of hydrogen-bond acceptors (Lipinski definition) is 11. The van der Waals surface area contributed by atoms with Gasteiger partial charge in [-0.1, -0.05) is 72.4 Å². The maximum absolute atomic E-state index is 17.2. The van der Waals surface area contributed by atoms with Crippen LogP contribution in [-0.4, -0.2) is 85.8 Å². The zero-order valence-corrected chi connectivity index (χ0v) is 42.1. The Morgan fingerprint density at radius 3 is 2.41 bits per heavy atom. The fourth-order valence-corrected chi connectivity index (χ4v) is 11.2. The molecule has 0 radical (unpaired) electrons. The molecule has 0 unspecified atom stereocenters. The van der Waals surface area contributed by atoms with Crippen LogP contribution in [0, 0.1) is 26.6 Å². The number of phenols is 1. The van der Waals surface area contributed by atoms with Gasteiger partial charge in [-0.2, -0.15) is 4.98 Å². The molecule has 16 heteroatoms. The number of unbranched alkanes of at least 4 members (excludes halogenated alkanes) is 1. The first-order chi connectivity index (χ1) is 32.4. The molecule has 1 saturated heterocycles. The van der Waals surface area contributed by atoms with Gasteiger partial charge in [-0.15, -0.1) is 21.5 Å². The summed E-state index contributed by atoms with van der Waals surface area (Å²) in [5, 5.41) is 30.4. The van der Waals surface area contributed by atoms with Crippen molar-refractivity contribution in [2.75, 3.05) is 43.0 Å². The van der Waals surface area contributed by atoms with Crippen molar-refractivity contribution >= 4 is 79.6 Å². The second-order valence-corrected chi connectivity index (χ2v) is 21.4. The highest BCUT2D eigenvalue weighted by atomic mass is 35.5. The normalized spacial score (nSPS) is 15.3. The number of rotatable bonds is 13. The third-order valence-corrected chi connectivity index (χ3v) is 15.4. The van der Waals surface area contributed by atoms with E-state index in [0.717, 1.165) is 82.8 Å². The summed E-state index contributed by atoms with van der Waals surface area (Å²) < 4.78 is 19.3. The Balaban J connectivity index is 0.919. The molecule has 12 nitrogen and oxygen atoms in total. The molecule has 68 heavy (non-hydrogen) atoms. The van der Waals surface area contributed by atoms with Crippen molar-refractivity contribution in [1.29, 1.82) is 0 Å². The Morgan fingerprint density at radius 2 is 1.66 bits per heavy atom. The van der Waals surface area contributed by atoms with E-state index in [9.17, 15) is 9.90 Å². The predicted molar refractivity (Wildman–Crippen MR) is 275 cm³/mol. The molecule has 354 valence electrons. The van der Waals surface area contributed by atoms with E-state index in [-0.39, 0.29) is 34.2 Å². The van der Waals surface area contributed by atoms with Crippen molar-refractivity contribution in [3.63, 3.8) is 0 Å². The van der Waals surface area contributed by atoms with Crippen molar-refractivity contribution in [3.05, 3.63) is 116 Å². The van der Waals surface area contributed by atoms with E-state index in [1.54, 1.807) is 29.5 Å². The van der Waals surface area contributed by atoms with Crippen molar-refractivity contribution in [2.24, 2.45) is 4.99 Å². The number of carbonyl (C=O) groups excluding carboxylic acids is 1. The number of fused-ring (bicyclic) bond motifs is 5. The van der Waals surface area contributed by atoms with Crippen molar-refractivity contribution < 1.29 is 14.3 Å². The van der Waals surface area contributed by atoms with Crippen LogP contribution < -0.4 is 20.4 Å². The predicted octanol–water partition coefficient (Wildman–Crippen LogP) is 11.2. The van der Waals surface area contributed by atoms with E-state index in [0.29, 0.717) is 46.7 Å². The van der Waals surface area contributed by atoms with Crippen LogP contribution in [0.4, 0.5) is 16.2 Å². The molecule has 1 fully saturated rings. The lowest BCUT2D eigenvalue weighted by Crippen LogP contribution is -2.45. The fourth-order valence-electron chi connectivity index (χ4n) is 9.55. The summed E-state index contributed by atoms with van der Waals surface area (Å²) in [6, 6.07) is 19.6. The molecule has 5 heterocycles. The maximum atomic E-state index is 17.2. The first kappa shape index (κ1) is 47.4. The van der Waals surface area contributed by atoms with Gasteiger partial charge < -0.3 is 25.5 Å². The van der Waals surface area contributed by atoms with Gasteiger partial charge in [0.25, 0.3) is 0 Å². The van der Waals surface area contributed by atoms with Crippen LogP contribution in [0.3, 0.4) is 0 Å². The molecule has 0 aliphatic carbocycles. The molecule has 9 rings (SSSR count). The Kier molecular flexibility index (Phi) is 13.0. The van der Waals surface area contributed by atoms with Gasteiger partial charge in [0.2, 0.25) is 11.9 Å². The van der Waals surface area contributed by atoms with Gasteiger partial charge >= 0.3 is 0 Å². The first-order valence-corrected chi connectivity index (χ1v) is 24.8. The highest BCUT2D eigenvalue weighted by Crippen LogP contribution is 2.44. The lowest BCUT2D eigenvalue weighted by Gasteiger charge is -2.37. The number of hydrogen-bond donors (Lipinski definition) is 3. The number of piperazine rings is 1. The molecule has 0 saturated carbocycles. The summed E-state index contributed by atoms with van der Waals surface area (Å²) in [7, 11) is 1.96. The minimum Gasteiger partial charge on any atom is -0.508 e. The highest BCUT2D eigenvalue weighted by Gasteiger charge is 2.34. The number of aliphatic imine (C=N–C) groups is 1. The zero-order chi connectivity index (χ0) is 48.2. The standard InChI is InChI=1S/C52H57Cl2FN10O2S/c1-29-30(2)68-49-42(29)45(32-15-17-34(53)18-16-32)57-40(48-62-61-31(3)65(48)49)28-41(67)60-51(4,5)19-11-12-20-52(6,7)63(8)50-58-46-38(47(59-50)64-23-21-56-22-24-64)27-39(54)43(44(46)55)37-26-35(66)25-33-13-9-10-14-36(33)37/h9-10,13-18,25-27,40,56,66H,11-12,19-24,28H2,1-8H3,(H,60,67)/t40-/m0/s1. The lowest BCUT2D eigenvalue weighted by molar-refractivity contribution is -0.123. The number of nitrogens with zero attached hydrogens (tertiary/aromatic N) is 8. The van der Waals surface area contributed by atoms with E-state index < -0.39 is 22.9 Å². The van der Waals surface area contributed by atoms with Crippen LogP contribution in [0.25, 0.3) is 37.8 Å². The monoisotopic (exact) mass is 974 g/mol. The molecule has 1 atom stereocenters. The summed E-state index contributed by atoms with van der Waals surface area (Å²) in [6.45, 7) is 17.5. The average Bonchev–Trinajstić information content (AvgIpc) is 3.78. The van der Waals surface area contributed by atoms with Crippen LogP contribution in [0.1, 0.15) is 99.1 Å². The highest BCUT2D eigenvalue weighted by molar-refractivity contribution is 7.15. The number of amides is 1. The third kappa shape index (κ3) is 9.15. The van der Waals surface area contributed by atoms with Gasteiger partial charge in [-0.3, -0.25) is 14.4 Å². The smallest absolute Gasteiger partial charge is 0.228 e. The van der Waals surface area contributed by atoms with E-state index in [1.165, 1.54) is 4.88 Å². The van der Waals surface area contributed by atoms with Crippen LogP contribution in [-0.2, 0) is 4.79 Å². The SMILES string of the molecule is Cc1sc2c(c1C)C(c1ccc(Cl)cc1)=N[C@@H](CC(=O)NC(C)(C)CCCCC(C)(C)N(C)c1nc(N3CCNCC3)c3cc(Cl)c(-c4cc(O)cc5ccccc45)c(F)c3n1)c1nnc(C)n1-2. The number of aryl methyl sites for hydroxylation is 2. The number of thiophene rings is 1. The number of anilines is 2. The van der Waals surface area contributed by atoms with Crippen LogP contribution in [0.15, 0.2) is 71.7 Å². The Bertz CT molecular complexity index is 3100. The van der Waals surface area contributed by atoms with Crippen LogP contribution in [0.5, 0.6) is 5.75 Å². The zero-order valence-electron chi connectivity index (χ0n) is 39.8. The molecular formula is C52H57Cl2FN10O2S. The molecule has 0 bridgehead atoms. The number of aromatic nitrogens is 5.